The monoisotopic (exact) mass is 470 g/mol. The van der Waals surface area contributed by atoms with Crippen molar-refractivity contribution in [3.8, 4) is 11.6 Å². The van der Waals surface area contributed by atoms with Crippen LogP contribution in [0.2, 0.25) is 0 Å². The molecule has 2 atom stereocenters. The number of fused-ring (bicyclic) bond motifs is 5. The van der Waals surface area contributed by atoms with Gasteiger partial charge in [-0.15, -0.1) is 0 Å². The smallest absolute Gasteiger partial charge is 0.318 e. The van der Waals surface area contributed by atoms with Crippen molar-refractivity contribution >= 4 is 16.1 Å². The number of benzene rings is 1. The molecule has 172 valence electrons. The Kier molecular flexibility index (Phi) is 5.53. The van der Waals surface area contributed by atoms with Gasteiger partial charge in [-0.25, -0.2) is 36.1 Å². The van der Waals surface area contributed by atoms with Gasteiger partial charge in [0, 0.05) is 5.56 Å². The lowest BCUT2D eigenvalue weighted by Gasteiger charge is -2.28. The van der Waals surface area contributed by atoms with Crippen molar-refractivity contribution in [2.75, 3.05) is 12.8 Å². The highest BCUT2D eigenvalue weighted by Crippen LogP contribution is 2.36. The number of carbonyl (C=O) groups excluding carboxylic acids is 1. The summed E-state index contributed by atoms with van der Waals surface area (Å²) in [6.07, 6.45) is 0.393. The second kappa shape index (κ2) is 7.93. The van der Waals surface area contributed by atoms with E-state index in [1.807, 2.05) is 4.72 Å². The SMILES string of the molecule is Cc1ccc2nc1Oc1cccc(c1F)C[C@H]1[C@@H](NS(C)(=O)=O)C(F)(F)CN1C(=O)NC2. The fraction of sp³-hybridized carbons (Fsp3) is 0.400. The first-order chi connectivity index (χ1) is 14.9. The second-order valence-corrected chi connectivity index (χ2v) is 9.72. The quantitative estimate of drug-likeness (QED) is 0.702. The minimum absolute atomic E-state index is 0.00337. The Morgan fingerprint density at radius 3 is 2.75 bits per heavy atom. The van der Waals surface area contributed by atoms with E-state index < -0.39 is 46.4 Å². The number of pyridine rings is 1. The van der Waals surface area contributed by atoms with Gasteiger partial charge in [-0.3, -0.25) is 0 Å². The van der Waals surface area contributed by atoms with Crippen molar-refractivity contribution < 1.29 is 31.1 Å². The van der Waals surface area contributed by atoms with Crippen LogP contribution in [-0.4, -0.2) is 55.1 Å². The highest BCUT2D eigenvalue weighted by molar-refractivity contribution is 7.88. The summed E-state index contributed by atoms with van der Waals surface area (Å²) in [5.41, 5.74) is 1.01. The van der Waals surface area contributed by atoms with E-state index in [0.29, 0.717) is 11.3 Å². The van der Waals surface area contributed by atoms with Gasteiger partial charge < -0.3 is 15.0 Å². The molecule has 2 aliphatic heterocycles. The molecule has 2 aromatic rings. The maximum absolute atomic E-state index is 15.2. The number of alkyl halides is 2. The normalized spacial score (nSPS) is 22.7. The molecule has 0 unspecified atom stereocenters. The van der Waals surface area contributed by atoms with Gasteiger partial charge in [0.15, 0.2) is 11.6 Å². The van der Waals surface area contributed by atoms with Gasteiger partial charge in [-0.05, 0) is 31.0 Å². The van der Waals surface area contributed by atoms with E-state index in [4.69, 9.17) is 4.74 Å². The topological polar surface area (TPSA) is 101 Å². The lowest BCUT2D eigenvalue weighted by molar-refractivity contribution is -0.00453. The van der Waals surface area contributed by atoms with E-state index in [2.05, 4.69) is 10.3 Å². The standard InChI is InChI=1S/C20H21F3N4O4S/c1-11-6-7-13-9-24-19(28)27-10-20(22,23)17(26-32(2,29)30)14(27)8-12-4-3-5-15(16(12)21)31-18(11)25-13/h3-7,14,17,26H,8-10H2,1-2H3,(H,24,28)/t14-,17+/m0/s1. The molecule has 0 radical (unpaired) electrons. The van der Waals surface area contributed by atoms with Gasteiger partial charge >= 0.3 is 6.03 Å². The number of aromatic nitrogens is 1. The van der Waals surface area contributed by atoms with Gasteiger partial charge in [0.1, 0.15) is 6.04 Å². The molecule has 8 nitrogen and oxygen atoms in total. The Morgan fingerprint density at radius 2 is 2.03 bits per heavy atom. The molecule has 2 aliphatic rings. The lowest BCUT2D eigenvalue weighted by atomic mass is 9.98. The average Bonchev–Trinajstić information content (AvgIpc) is 2.94. The van der Waals surface area contributed by atoms with E-state index >= 15 is 4.39 Å². The number of ether oxygens (including phenoxy) is 1. The highest BCUT2D eigenvalue weighted by atomic mass is 32.2. The van der Waals surface area contributed by atoms with Crippen LogP contribution in [0.25, 0.3) is 0 Å². The first-order valence-electron chi connectivity index (χ1n) is 9.76. The zero-order valence-corrected chi connectivity index (χ0v) is 18.0. The zero-order valence-electron chi connectivity index (χ0n) is 17.2. The Morgan fingerprint density at radius 1 is 1.28 bits per heavy atom. The first-order valence-corrected chi connectivity index (χ1v) is 11.6. The van der Waals surface area contributed by atoms with Crippen LogP contribution in [0.5, 0.6) is 11.6 Å². The number of hydrogen-bond donors (Lipinski definition) is 2. The van der Waals surface area contributed by atoms with Crippen LogP contribution >= 0.6 is 0 Å². The zero-order chi connectivity index (χ0) is 23.3. The molecule has 0 aliphatic carbocycles. The molecule has 0 saturated carbocycles. The summed E-state index contributed by atoms with van der Waals surface area (Å²) in [6.45, 7) is 0.611. The van der Waals surface area contributed by atoms with Crippen molar-refractivity contribution in [1.82, 2.24) is 19.9 Å². The van der Waals surface area contributed by atoms with Crippen LogP contribution in [-0.2, 0) is 23.0 Å². The van der Waals surface area contributed by atoms with Crippen molar-refractivity contribution in [3.63, 3.8) is 0 Å². The summed E-state index contributed by atoms with van der Waals surface area (Å²) in [4.78, 5) is 17.9. The number of nitrogens with one attached hydrogen (secondary N) is 2. The number of halogens is 3. The van der Waals surface area contributed by atoms with Gasteiger partial charge in [0.2, 0.25) is 15.9 Å². The predicted octanol–water partition coefficient (Wildman–Crippen LogP) is 2.32. The molecule has 3 heterocycles. The molecular formula is C20H21F3N4O4S. The second-order valence-electron chi connectivity index (χ2n) is 7.94. The van der Waals surface area contributed by atoms with Crippen molar-refractivity contribution in [3.05, 3.63) is 53.0 Å². The van der Waals surface area contributed by atoms with E-state index in [0.717, 1.165) is 11.2 Å². The number of aryl methyl sites for hydroxylation is 1. The van der Waals surface area contributed by atoms with Crippen molar-refractivity contribution in [1.29, 1.82) is 0 Å². The molecule has 0 spiro atoms. The maximum atomic E-state index is 15.2. The number of sulfonamides is 1. The average molecular weight is 470 g/mol. The van der Waals surface area contributed by atoms with Crippen LogP contribution in [0, 0.1) is 12.7 Å². The summed E-state index contributed by atoms with van der Waals surface area (Å²) in [5, 5.41) is 2.53. The van der Waals surface area contributed by atoms with Gasteiger partial charge in [-0.2, -0.15) is 0 Å². The summed E-state index contributed by atoms with van der Waals surface area (Å²) >= 11 is 0. The van der Waals surface area contributed by atoms with Gasteiger partial charge in [0.25, 0.3) is 5.92 Å². The Hall–Kier alpha value is -2.86. The first kappa shape index (κ1) is 22.3. The Balaban J connectivity index is 1.82. The fourth-order valence-corrected chi connectivity index (χ4v) is 4.68. The fourth-order valence-electron chi connectivity index (χ4n) is 3.89. The summed E-state index contributed by atoms with van der Waals surface area (Å²) < 4.78 is 76.0. The van der Waals surface area contributed by atoms with E-state index in [-0.39, 0.29) is 30.2 Å². The van der Waals surface area contributed by atoms with Crippen molar-refractivity contribution in [2.24, 2.45) is 0 Å². The molecule has 4 rings (SSSR count). The van der Waals surface area contributed by atoms with Crippen LogP contribution in [0.3, 0.4) is 0 Å². The van der Waals surface area contributed by atoms with Crippen LogP contribution in [0.15, 0.2) is 30.3 Å². The third kappa shape index (κ3) is 4.37. The number of amides is 2. The molecule has 1 aromatic heterocycles. The predicted molar refractivity (Wildman–Crippen MR) is 109 cm³/mol. The highest BCUT2D eigenvalue weighted by Gasteiger charge is 2.57. The molecule has 2 amide bonds. The van der Waals surface area contributed by atoms with Crippen LogP contribution in [0.1, 0.15) is 16.8 Å². The molecule has 2 N–H and O–H groups in total. The minimum atomic E-state index is -4.04. The summed E-state index contributed by atoms with van der Waals surface area (Å²) in [7, 11) is -4.04. The van der Waals surface area contributed by atoms with E-state index in [9.17, 15) is 22.0 Å². The Labute approximate surface area is 182 Å². The summed E-state index contributed by atoms with van der Waals surface area (Å²) in [6, 6.07) is 3.44. The molecule has 1 saturated heterocycles. The van der Waals surface area contributed by atoms with Crippen LogP contribution in [0.4, 0.5) is 18.0 Å². The van der Waals surface area contributed by atoms with E-state index in [1.54, 1.807) is 19.1 Å². The van der Waals surface area contributed by atoms with E-state index in [1.165, 1.54) is 18.2 Å². The van der Waals surface area contributed by atoms with Crippen LogP contribution < -0.4 is 14.8 Å². The summed E-state index contributed by atoms with van der Waals surface area (Å²) in [5.74, 6) is -4.37. The number of urea groups is 1. The third-order valence-corrected chi connectivity index (χ3v) is 6.11. The molecular weight excluding hydrogens is 449 g/mol. The molecule has 1 aromatic carbocycles. The lowest BCUT2D eigenvalue weighted by Crippen LogP contribution is -2.53. The number of rotatable bonds is 2. The molecule has 32 heavy (non-hydrogen) atoms. The third-order valence-electron chi connectivity index (χ3n) is 5.43. The Bertz CT molecular complexity index is 1180. The number of hydrogen-bond acceptors (Lipinski definition) is 5. The minimum Gasteiger partial charge on any atom is -0.436 e. The number of carbonyl (C=O) groups is 1. The molecule has 12 heteroatoms. The largest absolute Gasteiger partial charge is 0.436 e. The molecule has 1 fully saturated rings. The van der Waals surface area contributed by atoms with Crippen molar-refractivity contribution in [2.45, 2.75) is 37.9 Å². The van der Waals surface area contributed by atoms with Gasteiger partial charge in [-0.1, -0.05) is 18.2 Å². The number of nitrogens with zero attached hydrogens (tertiary/aromatic N) is 2. The maximum Gasteiger partial charge on any atom is 0.318 e. The van der Waals surface area contributed by atoms with Gasteiger partial charge in [0.05, 0.1) is 31.1 Å². The molecule has 4 bridgehead atoms.